The molecule has 2 aromatic carbocycles. The van der Waals surface area contributed by atoms with Gasteiger partial charge in [-0.2, -0.15) is 0 Å². The number of nitrogens with one attached hydrogen (secondary N) is 1. The van der Waals surface area contributed by atoms with Crippen molar-refractivity contribution in [3.05, 3.63) is 57.6 Å². The fraction of sp³-hybridized carbons (Fsp3) is 0.211. The molecule has 0 atom stereocenters. The summed E-state index contributed by atoms with van der Waals surface area (Å²) in [5, 5.41) is 2.73. The van der Waals surface area contributed by atoms with Crippen LogP contribution >= 0.6 is 15.9 Å². The molecule has 0 aromatic heterocycles. The molecule has 0 aliphatic carbocycles. The molecule has 0 bridgehead atoms. The van der Waals surface area contributed by atoms with Crippen molar-refractivity contribution in [3.63, 3.8) is 0 Å². The van der Waals surface area contributed by atoms with E-state index in [4.69, 9.17) is 4.74 Å². The Kier molecular flexibility index (Phi) is 6.52. The molecule has 2 aromatic rings. The summed E-state index contributed by atoms with van der Waals surface area (Å²) in [6.07, 6.45) is 0. The van der Waals surface area contributed by atoms with Crippen molar-refractivity contribution in [2.45, 2.75) is 13.8 Å². The number of esters is 1. The van der Waals surface area contributed by atoms with Crippen molar-refractivity contribution >= 4 is 39.3 Å². The van der Waals surface area contributed by atoms with Crippen LogP contribution in [0.3, 0.4) is 0 Å². The molecule has 7 heteroatoms. The van der Waals surface area contributed by atoms with Crippen molar-refractivity contribution in [1.82, 2.24) is 0 Å². The maximum Gasteiger partial charge on any atom is 0.337 e. The van der Waals surface area contributed by atoms with E-state index < -0.39 is 11.9 Å². The quantitative estimate of drug-likeness (QED) is 0.563. The molecule has 0 heterocycles. The van der Waals surface area contributed by atoms with E-state index in [9.17, 15) is 14.4 Å². The van der Waals surface area contributed by atoms with E-state index >= 15 is 0 Å². The second-order valence-electron chi connectivity index (χ2n) is 5.37. The standard InChI is InChI=1S/C19H18BrNO5/c1-4-26-17-6-5-12(11(2)22)10-16(17)21-18(23)13-7-14(19(24)25-3)9-15(20)8-13/h5-10H,4H2,1-3H3,(H,21,23). The number of hydrogen-bond donors (Lipinski definition) is 1. The Labute approximate surface area is 159 Å². The predicted octanol–water partition coefficient (Wildman–Crippen LogP) is 4.09. The number of benzene rings is 2. The monoisotopic (exact) mass is 419 g/mol. The second-order valence-corrected chi connectivity index (χ2v) is 6.29. The first kappa shape index (κ1) is 19.7. The molecule has 0 spiro atoms. The highest BCUT2D eigenvalue weighted by molar-refractivity contribution is 9.10. The van der Waals surface area contributed by atoms with Gasteiger partial charge in [-0.05, 0) is 50.2 Å². The first-order valence-electron chi connectivity index (χ1n) is 7.83. The number of ketones is 1. The van der Waals surface area contributed by atoms with Gasteiger partial charge in [-0.15, -0.1) is 0 Å². The van der Waals surface area contributed by atoms with Gasteiger partial charge < -0.3 is 14.8 Å². The molecule has 0 unspecified atom stereocenters. The number of carbonyl (C=O) groups excluding carboxylic acids is 3. The predicted molar refractivity (Wildman–Crippen MR) is 101 cm³/mol. The number of Topliss-reactive ketones (excluding diaryl/α,β-unsaturated/α-hetero) is 1. The average Bonchev–Trinajstić information content (AvgIpc) is 2.61. The second kappa shape index (κ2) is 8.62. The number of ether oxygens (including phenoxy) is 2. The molecule has 2 rings (SSSR count). The van der Waals surface area contributed by atoms with E-state index in [0.717, 1.165) is 0 Å². The largest absolute Gasteiger partial charge is 0.492 e. The summed E-state index contributed by atoms with van der Waals surface area (Å²) in [5.41, 5.74) is 1.34. The number of carbonyl (C=O) groups is 3. The van der Waals surface area contributed by atoms with Gasteiger partial charge in [0.15, 0.2) is 5.78 Å². The van der Waals surface area contributed by atoms with E-state index in [1.165, 1.54) is 20.1 Å². The molecule has 0 aliphatic rings. The number of methoxy groups -OCH3 is 1. The van der Waals surface area contributed by atoms with Crippen molar-refractivity contribution in [2.75, 3.05) is 19.0 Å². The van der Waals surface area contributed by atoms with Crippen LogP contribution < -0.4 is 10.1 Å². The molecule has 136 valence electrons. The Bertz CT molecular complexity index is 863. The average molecular weight is 420 g/mol. The minimum absolute atomic E-state index is 0.126. The lowest BCUT2D eigenvalue weighted by molar-refractivity contribution is 0.0600. The van der Waals surface area contributed by atoms with Crippen molar-refractivity contribution < 1.29 is 23.9 Å². The van der Waals surface area contributed by atoms with Crippen LogP contribution in [0.25, 0.3) is 0 Å². The highest BCUT2D eigenvalue weighted by Gasteiger charge is 2.15. The van der Waals surface area contributed by atoms with Crippen LogP contribution in [0, 0.1) is 0 Å². The molecular weight excluding hydrogens is 402 g/mol. The minimum atomic E-state index is -0.547. The summed E-state index contributed by atoms with van der Waals surface area (Å²) in [7, 11) is 1.27. The van der Waals surface area contributed by atoms with Gasteiger partial charge in [-0.25, -0.2) is 4.79 Å². The van der Waals surface area contributed by atoms with Crippen LogP contribution in [-0.2, 0) is 4.74 Å². The third kappa shape index (κ3) is 4.70. The van der Waals surface area contributed by atoms with E-state index in [1.807, 2.05) is 6.92 Å². The number of amides is 1. The first-order valence-corrected chi connectivity index (χ1v) is 8.63. The molecule has 0 saturated heterocycles. The van der Waals surface area contributed by atoms with Crippen LogP contribution in [0.2, 0.25) is 0 Å². The van der Waals surface area contributed by atoms with Gasteiger partial charge in [0.25, 0.3) is 5.91 Å². The lowest BCUT2D eigenvalue weighted by Gasteiger charge is -2.13. The zero-order valence-electron chi connectivity index (χ0n) is 14.6. The van der Waals surface area contributed by atoms with Gasteiger partial charge in [-0.3, -0.25) is 9.59 Å². The number of halogens is 1. The Hall–Kier alpha value is -2.67. The van der Waals surface area contributed by atoms with Crippen molar-refractivity contribution in [1.29, 1.82) is 0 Å². The molecule has 0 radical (unpaired) electrons. The SMILES string of the molecule is CCOc1ccc(C(C)=O)cc1NC(=O)c1cc(Br)cc(C(=O)OC)c1. The zero-order valence-corrected chi connectivity index (χ0v) is 16.2. The normalized spacial score (nSPS) is 10.2. The number of rotatable bonds is 6. The summed E-state index contributed by atoms with van der Waals surface area (Å²) in [6, 6.07) is 9.40. The van der Waals surface area contributed by atoms with Gasteiger partial charge in [0.05, 0.1) is 25.0 Å². The minimum Gasteiger partial charge on any atom is -0.492 e. The van der Waals surface area contributed by atoms with Crippen LogP contribution in [0.5, 0.6) is 5.75 Å². The Balaban J connectivity index is 2.37. The molecule has 26 heavy (non-hydrogen) atoms. The molecule has 6 nitrogen and oxygen atoms in total. The number of anilines is 1. The maximum absolute atomic E-state index is 12.6. The summed E-state index contributed by atoms with van der Waals surface area (Å²) in [6.45, 7) is 3.67. The molecule has 0 saturated carbocycles. The van der Waals surface area contributed by atoms with Crippen LogP contribution in [-0.4, -0.2) is 31.4 Å². The third-order valence-electron chi connectivity index (χ3n) is 3.52. The van der Waals surface area contributed by atoms with Crippen molar-refractivity contribution in [2.24, 2.45) is 0 Å². The summed E-state index contributed by atoms with van der Waals surface area (Å²) < 4.78 is 10.8. The lowest BCUT2D eigenvalue weighted by Crippen LogP contribution is -2.15. The molecule has 1 N–H and O–H groups in total. The Morgan fingerprint density at radius 2 is 1.73 bits per heavy atom. The van der Waals surface area contributed by atoms with E-state index in [1.54, 1.807) is 30.3 Å². The Morgan fingerprint density at radius 3 is 2.35 bits per heavy atom. The van der Waals surface area contributed by atoms with Gasteiger partial charge in [0.2, 0.25) is 0 Å². The third-order valence-corrected chi connectivity index (χ3v) is 3.97. The van der Waals surface area contributed by atoms with Gasteiger partial charge in [0, 0.05) is 15.6 Å². The summed E-state index contributed by atoms with van der Waals surface area (Å²) in [4.78, 5) is 36.0. The highest BCUT2D eigenvalue weighted by Crippen LogP contribution is 2.27. The molecule has 0 fully saturated rings. The maximum atomic E-state index is 12.6. The summed E-state index contributed by atoms with van der Waals surface area (Å²) >= 11 is 3.28. The van der Waals surface area contributed by atoms with Crippen LogP contribution in [0.1, 0.15) is 44.9 Å². The fourth-order valence-electron chi connectivity index (χ4n) is 2.28. The zero-order chi connectivity index (χ0) is 19.3. The smallest absolute Gasteiger partial charge is 0.337 e. The highest BCUT2D eigenvalue weighted by atomic mass is 79.9. The van der Waals surface area contributed by atoms with Gasteiger partial charge in [0.1, 0.15) is 5.75 Å². The van der Waals surface area contributed by atoms with Gasteiger partial charge >= 0.3 is 5.97 Å². The van der Waals surface area contributed by atoms with Gasteiger partial charge in [-0.1, -0.05) is 15.9 Å². The lowest BCUT2D eigenvalue weighted by atomic mass is 10.1. The van der Waals surface area contributed by atoms with Crippen LogP contribution in [0.4, 0.5) is 5.69 Å². The fourth-order valence-corrected chi connectivity index (χ4v) is 2.77. The summed E-state index contributed by atoms with van der Waals surface area (Å²) in [5.74, 6) is -0.667. The Morgan fingerprint density at radius 1 is 1.04 bits per heavy atom. The van der Waals surface area contributed by atoms with E-state index in [0.29, 0.717) is 28.1 Å². The number of hydrogen-bond acceptors (Lipinski definition) is 5. The molecular formula is C19H18BrNO5. The molecule has 0 aliphatic heterocycles. The van der Waals surface area contributed by atoms with Crippen LogP contribution in [0.15, 0.2) is 40.9 Å². The molecule has 1 amide bonds. The topological polar surface area (TPSA) is 81.7 Å². The van der Waals surface area contributed by atoms with E-state index in [-0.39, 0.29) is 16.9 Å². The van der Waals surface area contributed by atoms with E-state index in [2.05, 4.69) is 26.0 Å². The first-order chi connectivity index (χ1) is 12.3. The van der Waals surface area contributed by atoms with Crippen molar-refractivity contribution in [3.8, 4) is 5.75 Å².